The zero-order valence-corrected chi connectivity index (χ0v) is 7.58. The summed E-state index contributed by atoms with van der Waals surface area (Å²) >= 11 is 1.95. The highest BCUT2D eigenvalue weighted by molar-refractivity contribution is 7.99. The SMILES string of the molecule is NCC1CSCCC1CCF. The third kappa shape index (κ3) is 2.64. The maximum Gasteiger partial charge on any atom is 0.0897 e. The molecule has 0 aromatic rings. The van der Waals surface area contributed by atoms with Gasteiger partial charge in [-0.1, -0.05) is 0 Å². The molecule has 0 saturated carbocycles. The Morgan fingerprint density at radius 1 is 1.45 bits per heavy atom. The Morgan fingerprint density at radius 2 is 2.27 bits per heavy atom. The maximum atomic E-state index is 12.0. The van der Waals surface area contributed by atoms with Crippen LogP contribution in [0.5, 0.6) is 0 Å². The second kappa shape index (κ2) is 4.99. The topological polar surface area (TPSA) is 26.0 Å². The quantitative estimate of drug-likeness (QED) is 0.709. The highest BCUT2D eigenvalue weighted by Crippen LogP contribution is 2.30. The predicted octanol–water partition coefficient (Wildman–Crippen LogP) is 1.67. The van der Waals surface area contributed by atoms with Crippen LogP contribution in [0.4, 0.5) is 4.39 Å². The molecule has 2 N–H and O–H groups in total. The van der Waals surface area contributed by atoms with Crippen molar-refractivity contribution in [2.75, 3.05) is 24.7 Å². The molecular weight excluding hydrogens is 161 g/mol. The summed E-state index contributed by atoms with van der Waals surface area (Å²) in [5.41, 5.74) is 5.59. The molecule has 1 heterocycles. The van der Waals surface area contributed by atoms with E-state index in [1.807, 2.05) is 11.8 Å². The van der Waals surface area contributed by atoms with E-state index in [1.165, 1.54) is 5.75 Å². The molecular formula is C8H16FNS. The summed E-state index contributed by atoms with van der Waals surface area (Å²) < 4.78 is 12.0. The van der Waals surface area contributed by atoms with E-state index < -0.39 is 0 Å². The van der Waals surface area contributed by atoms with Crippen molar-refractivity contribution >= 4 is 11.8 Å². The lowest BCUT2D eigenvalue weighted by Gasteiger charge is -2.29. The fourth-order valence-electron chi connectivity index (χ4n) is 1.62. The van der Waals surface area contributed by atoms with Gasteiger partial charge < -0.3 is 5.73 Å². The molecule has 2 atom stereocenters. The normalized spacial score (nSPS) is 32.2. The van der Waals surface area contributed by atoms with Crippen LogP contribution in [0.1, 0.15) is 12.8 Å². The van der Waals surface area contributed by atoms with E-state index in [1.54, 1.807) is 0 Å². The summed E-state index contributed by atoms with van der Waals surface area (Å²) in [6.07, 6.45) is 1.89. The molecule has 0 radical (unpaired) electrons. The molecule has 1 saturated heterocycles. The molecule has 1 nitrogen and oxygen atoms in total. The molecule has 3 heteroatoms. The van der Waals surface area contributed by atoms with E-state index in [9.17, 15) is 4.39 Å². The van der Waals surface area contributed by atoms with Gasteiger partial charge in [0.25, 0.3) is 0 Å². The van der Waals surface area contributed by atoms with E-state index in [2.05, 4.69) is 0 Å². The van der Waals surface area contributed by atoms with Crippen molar-refractivity contribution in [3.63, 3.8) is 0 Å². The number of halogens is 1. The van der Waals surface area contributed by atoms with E-state index in [0.717, 1.165) is 25.1 Å². The van der Waals surface area contributed by atoms with E-state index in [4.69, 9.17) is 5.73 Å². The van der Waals surface area contributed by atoms with Crippen LogP contribution in [0.2, 0.25) is 0 Å². The second-order valence-corrected chi connectivity index (χ2v) is 4.25. The Morgan fingerprint density at radius 3 is 2.91 bits per heavy atom. The van der Waals surface area contributed by atoms with Crippen LogP contribution in [0.15, 0.2) is 0 Å². The molecule has 0 aromatic carbocycles. The van der Waals surface area contributed by atoms with Gasteiger partial charge in [0.1, 0.15) is 0 Å². The van der Waals surface area contributed by atoms with Crippen molar-refractivity contribution in [1.82, 2.24) is 0 Å². The summed E-state index contributed by atoms with van der Waals surface area (Å²) in [7, 11) is 0. The Hall–Kier alpha value is 0.240. The molecule has 0 spiro atoms. The van der Waals surface area contributed by atoms with Crippen molar-refractivity contribution in [1.29, 1.82) is 0 Å². The fraction of sp³-hybridized carbons (Fsp3) is 1.00. The Bertz CT molecular complexity index is 108. The van der Waals surface area contributed by atoms with E-state index >= 15 is 0 Å². The van der Waals surface area contributed by atoms with Gasteiger partial charge in [0.15, 0.2) is 0 Å². The lowest BCUT2D eigenvalue weighted by Crippen LogP contribution is -2.29. The van der Waals surface area contributed by atoms with Crippen LogP contribution in [0.3, 0.4) is 0 Å². The summed E-state index contributed by atoms with van der Waals surface area (Å²) in [5.74, 6) is 3.47. The number of hydrogen-bond acceptors (Lipinski definition) is 2. The molecule has 11 heavy (non-hydrogen) atoms. The van der Waals surface area contributed by atoms with Crippen LogP contribution < -0.4 is 5.73 Å². The lowest BCUT2D eigenvalue weighted by atomic mass is 9.88. The van der Waals surface area contributed by atoms with Gasteiger partial charge in [0.2, 0.25) is 0 Å². The van der Waals surface area contributed by atoms with Crippen molar-refractivity contribution in [2.45, 2.75) is 12.8 Å². The molecule has 0 aromatic heterocycles. The number of thioether (sulfide) groups is 1. The zero-order chi connectivity index (χ0) is 8.10. The first-order valence-corrected chi connectivity index (χ1v) is 5.37. The first kappa shape index (κ1) is 9.33. The molecule has 1 rings (SSSR count). The number of alkyl halides is 1. The average Bonchev–Trinajstić information content (AvgIpc) is 2.06. The van der Waals surface area contributed by atoms with Gasteiger partial charge in [-0.2, -0.15) is 11.8 Å². The summed E-state index contributed by atoms with van der Waals surface area (Å²) in [4.78, 5) is 0. The molecule has 1 aliphatic rings. The van der Waals surface area contributed by atoms with Crippen molar-refractivity contribution in [3.05, 3.63) is 0 Å². The molecule has 66 valence electrons. The smallest absolute Gasteiger partial charge is 0.0897 e. The lowest BCUT2D eigenvalue weighted by molar-refractivity contribution is 0.295. The third-order valence-electron chi connectivity index (χ3n) is 2.41. The van der Waals surface area contributed by atoms with Gasteiger partial charge in [-0.25, -0.2) is 0 Å². The number of rotatable bonds is 3. The van der Waals surface area contributed by atoms with Crippen LogP contribution in [-0.4, -0.2) is 24.7 Å². The van der Waals surface area contributed by atoms with Crippen LogP contribution >= 0.6 is 11.8 Å². The summed E-state index contributed by atoms with van der Waals surface area (Å²) in [6.45, 7) is 0.559. The average molecular weight is 177 g/mol. The highest BCUT2D eigenvalue weighted by atomic mass is 32.2. The maximum absolute atomic E-state index is 12.0. The van der Waals surface area contributed by atoms with Crippen molar-refractivity contribution in [2.24, 2.45) is 17.6 Å². The molecule has 1 aliphatic heterocycles. The minimum absolute atomic E-state index is 0.175. The standard InChI is InChI=1S/C8H16FNS/c9-3-1-7-2-4-11-6-8(7)5-10/h7-8H,1-6,10H2. The zero-order valence-electron chi connectivity index (χ0n) is 6.76. The number of nitrogens with two attached hydrogens (primary N) is 1. The highest BCUT2D eigenvalue weighted by Gasteiger charge is 2.23. The van der Waals surface area contributed by atoms with Gasteiger partial charge in [0.05, 0.1) is 6.67 Å². The molecule has 2 unspecified atom stereocenters. The van der Waals surface area contributed by atoms with Gasteiger partial charge >= 0.3 is 0 Å². The van der Waals surface area contributed by atoms with E-state index in [-0.39, 0.29) is 6.67 Å². The van der Waals surface area contributed by atoms with Crippen LogP contribution in [0, 0.1) is 11.8 Å². The molecule has 0 amide bonds. The second-order valence-electron chi connectivity index (χ2n) is 3.10. The van der Waals surface area contributed by atoms with Crippen LogP contribution in [0.25, 0.3) is 0 Å². The summed E-state index contributed by atoms with van der Waals surface area (Å²) in [6, 6.07) is 0. The third-order valence-corrected chi connectivity index (χ3v) is 3.60. The van der Waals surface area contributed by atoms with Gasteiger partial charge in [0, 0.05) is 0 Å². The first-order valence-electron chi connectivity index (χ1n) is 4.22. The van der Waals surface area contributed by atoms with Gasteiger partial charge in [-0.3, -0.25) is 4.39 Å². The fourth-order valence-corrected chi connectivity index (χ4v) is 2.97. The number of hydrogen-bond donors (Lipinski definition) is 1. The monoisotopic (exact) mass is 177 g/mol. The van der Waals surface area contributed by atoms with E-state index in [0.29, 0.717) is 11.8 Å². The first-order chi connectivity index (χ1) is 5.38. The van der Waals surface area contributed by atoms with Crippen molar-refractivity contribution in [3.8, 4) is 0 Å². The van der Waals surface area contributed by atoms with Crippen LogP contribution in [-0.2, 0) is 0 Å². The minimum atomic E-state index is -0.175. The van der Waals surface area contributed by atoms with Gasteiger partial charge in [-0.15, -0.1) is 0 Å². The van der Waals surface area contributed by atoms with Gasteiger partial charge in [-0.05, 0) is 42.7 Å². The largest absolute Gasteiger partial charge is 0.330 e. The minimum Gasteiger partial charge on any atom is -0.330 e. The Labute approximate surface area is 71.9 Å². The summed E-state index contributed by atoms with van der Waals surface area (Å²) in [5, 5.41) is 0. The molecule has 1 fully saturated rings. The molecule has 0 bridgehead atoms. The predicted molar refractivity (Wildman–Crippen MR) is 48.6 cm³/mol. The Kier molecular flexibility index (Phi) is 4.23. The Balaban J connectivity index is 2.31. The van der Waals surface area contributed by atoms with Crippen molar-refractivity contribution < 1.29 is 4.39 Å². The molecule has 0 aliphatic carbocycles.